The van der Waals surface area contributed by atoms with Crippen molar-refractivity contribution in [3.05, 3.63) is 0 Å². The number of hydrogen-bond acceptors (Lipinski definition) is 2. The number of alkyl halides is 4. The van der Waals surface area contributed by atoms with Gasteiger partial charge in [-0.1, -0.05) is 12.8 Å². The van der Waals surface area contributed by atoms with Crippen LogP contribution in [0.25, 0.3) is 0 Å². The van der Waals surface area contributed by atoms with Crippen LogP contribution in [0.15, 0.2) is 0 Å². The van der Waals surface area contributed by atoms with E-state index in [9.17, 15) is 18.0 Å². The SMILES string of the molecule is O=C(CCOCC(F)(F)F)NC1CCCCC1CCl. The third-order valence-corrected chi connectivity index (χ3v) is 3.59. The van der Waals surface area contributed by atoms with Crippen molar-refractivity contribution in [3.63, 3.8) is 0 Å². The molecule has 1 saturated carbocycles. The van der Waals surface area contributed by atoms with Gasteiger partial charge in [-0.2, -0.15) is 13.2 Å². The third-order valence-electron chi connectivity index (χ3n) is 3.19. The summed E-state index contributed by atoms with van der Waals surface area (Å²) in [5.74, 6) is 0.481. The fourth-order valence-corrected chi connectivity index (χ4v) is 2.58. The van der Waals surface area contributed by atoms with Gasteiger partial charge >= 0.3 is 6.18 Å². The molecular formula is C12H19ClF3NO2. The zero-order valence-corrected chi connectivity index (χ0v) is 11.4. The van der Waals surface area contributed by atoms with E-state index in [0.29, 0.717) is 5.88 Å². The van der Waals surface area contributed by atoms with Gasteiger partial charge in [-0.05, 0) is 18.8 Å². The fraction of sp³-hybridized carbons (Fsp3) is 0.917. The lowest BCUT2D eigenvalue weighted by molar-refractivity contribution is -0.174. The highest BCUT2D eigenvalue weighted by atomic mass is 35.5. The van der Waals surface area contributed by atoms with E-state index in [0.717, 1.165) is 25.7 Å². The van der Waals surface area contributed by atoms with Gasteiger partial charge in [-0.25, -0.2) is 0 Å². The molecule has 0 saturated heterocycles. The van der Waals surface area contributed by atoms with Crippen molar-refractivity contribution in [2.45, 2.75) is 44.3 Å². The van der Waals surface area contributed by atoms with Crippen LogP contribution in [0.1, 0.15) is 32.1 Å². The second kappa shape index (κ2) is 7.94. The first kappa shape index (κ1) is 16.6. The first-order valence-electron chi connectivity index (χ1n) is 6.42. The zero-order valence-electron chi connectivity index (χ0n) is 10.6. The molecule has 0 aromatic heterocycles. The molecule has 1 N–H and O–H groups in total. The summed E-state index contributed by atoms with van der Waals surface area (Å²) in [6, 6.07) is 0.0429. The molecule has 112 valence electrons. The van der Waals surface area contributed by atoms with Gasteiger partial charge in [-0.15, -0.1) is 11.6 Å². The van der Waals surface area contributed by atoms with E-state index in [1.54, 1.807) is 0 Å². The summed E-state index contributed by atoms with van der Waals surface area (Å²) in [5.41, 5.74) is 0. The topological polar surface area (TPSA) is 38.3 Å². The van der Waals surface area contributed by atoms with Crippen molar-refractivity contribution in [2.24, 2.45) is 5.92 Å². The lowest BCUT2D eigenvalue weighted by atomic mass is 9.86. The Bertz CT molecular complexity index is 287. The fourth-order valence-electron chi connectivity index (χ4n) is 2.21. The maximum atomic E-state index is 11.8. The molecule has 2 atom stereocenters. The molecule has 0 aliphatic heterocycles. The number of halogens is 4. The summed E-state index contributed by atoms with van der Waals surface area (Å²) >= 11 is 5.83. The number of carbonyl (C=O) groups excluding carboxylic acids is 1. The quantitative estimate of drug-likeness (QED) is 0.605. The lowest BCUT2D eigenvalue weighted by Gasteiger charge is -2.30. The monoisotopic (exact) mass is 301 g/mol. The van der Waals surface area contributed by atoms with E-state index < -0.39 is 12.8 Å². The van der Waals surface area contributed by atoms with Gasteiger partial charge in [0.2, 0.25) is 5.91 Å². The maximum absolute atomic E-state index is 11.8. The van der Waals surface area contributed by atoms with Crippen molar-refractivity contribution >= 4 is 17.5 Å². The molecule has 1 fully saturated rings. The highest BCUT2D eigenvalue weighted by molar-refractivity contribution is 6.18. The number of rotatable bonds is 6. The molecule has 19 heavy (non-hydrogen) atoms. The molecule has 0 spiro atoms. The Morgan fingerprint density at radius 1 is 1.32 bits per heavy atom. The predicted molar refractivity (Wildman–Crippen MR) is 66.1 cm³/mol. The second-order valence-corrected chi connectivity index (χ2v) is 5.10. The number of carbonyl (C=O) groups is 1. The molecule has 1 aliphatic carbocycles. The second-order valence-electron chi connectivity index (χ2n) is 4.79. The van der Waals surface area contributed by atoms with Crippen LogP contribution in [-0.2, 0) is 9.53 Å². The Kier molecular flexibility index (Phi) is 6.93. The molecule has 1 rings (SSSR count). The minimum absolute atomic E-state index is 0.0429. The van der Waals surface area contributed by atoms with Crippen LogP contribution in [0, 0.1) is 5.92 Å². The molecule has 0 radical (unpaired) electrons. The molecule has 0 heterocycles. The van der Waals surface area contributed by atoms with Gasteiger partial charge in [0.05, 0.1) is 6.61 Å². The van der Waals surface area contributed by atoms with E-state index in [-0.39, 0.29) is 30.9 Å². The van der Waals surface area contributed by atoms with Crippen molar-refractivity contribution in [1.82, 2.24) is 5.32 Å². The summed E-state index contributed by atoms with van der Waals surface area (Å²) < 4.78 is 39.8. The first-order chi connectivity index (χ1) is 8.92. The van der Waals surface area contributed by atoms with Crippen molar-refractivity contribution in [2.75, 3.05) is 19.1 Å². The minimum Gasteiger partial charge on any atom is -0.372 e. The third kappa shape index (κ3) is 7.01. The normalized spacial score (nSPS) is 24.2. The molecule has 7 heteroatoms. The van der Waals surface area contributed by atoms with E-state index in [1.165, 1.54) is 0 Å². The number of hydrogen-bond donors (Lipinski definition) is 1. The molecule has 1 aliphatic rings. The highest BCUT2D eigenvalue weighted by Crippen LogP contribution is 2.25. The van der Waals surface area contributed by atoms with E-state index in [1.807, 2.05) is 0 Å². The number of nitrogens with one attached hydrogen (secondary N) is 1. The van der Waals surface area contributed by atoms with Crippen molar-refractivity contribution in [3.8, 4) is 0 Å². The first-order valence-corrected chi connectivity index (χ1v) is 6.95. The van der Waals surface area contributed by atoms with E-state index >= 15 is 0 Å². The van der Waals surface area contributed by atoms with Crippen LogP contribution in [0.4, 0.5) is 13.2 Å². The molecule has 3 nitrogen and oxygen atoms in total. The van der Waals surface area contributed by atoms with Crippen LogP contribution >= 0.6 is 11.6 Å². The molecule has 0 bridgehead atoms. The molecule has 2 unspecified atom stereocenters. The summed E-state index contributed by atoms with van der Waals surface area (Å²) in [7, 11) is 0. The van der Waals surface area contributed by atoms with Crippen LogP contribution in [0.5, 0.6) is 0 Å². The Morgan fingerprint density at radius 2 is 2.00 bits per heavy atom. The van der Waals surface area contributed by atoms with Gasteiger partial charge in [0.1, 0.15) is 6.61 Å². The zero-order chi connectivity index (χ0) is 14.3. The van der Waals surface area contributed by atoms with Crippen LogP contribution in [-0.4, -0.2) is 37.2 Å². The van der Waals surface area contributed by atoms with Crippen LogP contribution in [0.3, 0.4) is 0 Å². The average Bonchev–Trinajstić information content (AvgIpc) is 2.34. The van der Waals surface area contributed by atoms with E-state index in [4.69, 9.17) is 11.6 Å². The molecule has 1 amide bonds. The number of ether oxygens (including phenoxy) is 1. The number of amides is 1. The van der Waals surface area contributed by atoms with Gasteiger partial charge in [0, 0.05) is 18.3 Å². The summed E-state index contributed by atoms with van der Waals surface area (Å²) in [4.78, 5) is 11.6. The van der Waals surface area contributed by atoms with Gasteiger partial charge < -0.3 is 10.1 Å². The maximum Gasteiger partial charge on any atom is 0.411 e. The van der Waals surface area contributed by atoms with Crippen LogP contribution in [0.2, 0.25) is 0 Å². The summed E-state index contributed by atoms with van der Waals surface area (Å²) in [6.45, 7) is -1.53. The summed E-state index contributed by atoms with van der Waals surface area (Å²) in [6.07, 6.45) is -0.377. The van der Waals surface area contributed by atoms with Gasteiger partial charge in [0.15, 0.2) is 0 Å². The van der Waals surface area contributed by atoms with Crippen molar-refractivity contribution in [1.29, 1.82) is 0 Å². The van der Waals surface area contributed by atoms with Crippen LogP contribution < -0.4 is 5.32 Å². The lowest BCUT2D eigenvalue weighted by Crippen LogP contribution is -2.43. The Morgan fingerprint density at radius 3 is 2.63 bits per heavy atom. The average molecular weight is 302 g/mol. The minimum atomic E-state index is -4.34. The smallest absolute Gasteiger partial charge is 0.372 e. The van der Waals surface area contributed by atoms with Gasteiger partial charge in [-0.3, -0.25) is 4.79 Å². The standard InChI is InChI=1S/C12H19ClF3NO2/c13-7-9-3-1-2-4-10(9)17-11(18)5-6-19-8-12(14,15)16/h9-10H,1-8H2,(H,17,18). The Hall–Kier alpha value is -0.490. The summed E-state index contributed by atoms with van der Waals surface area (Å²) in [5, 5.41) is 2.83. The Balaban J connectivity index is 2.19. The highest BCUT2D eigenvalue weighted by Gasteiger charge is 2.28. The molecule has 0 aromatic carbocycles. The largest absolute Gasteiger partial charge is 0.411 e. The Labute approximate surface area is 115 Å². The predicted octanol–water partition coefficient (Wildman–Crippen LogP) is 2.87. The van der Waals surface area contributed by atoms with E-state index in [2.05, 4.69) is 10.1 Å². The molecular weight excluding hydrogens is 283 g/mol. The van der Waals surface area contributed by atoms with Crippen molar-refractivity contribution < 1.29 is 22.7 Å². The molecule has 0 aromatic rings. The van der Waals surface area contributed by atoms with Gasteiger partial charge in [0.25, 0.3) is 0 Å².